The number of nitrogens with zero attached hydrogens (tertiary/aromatic N) is 2. The second-order valence-corrected chi connectivity index (χ2v) is 6.02. The normalized spacial score (nSPS) is 22.1. The molecule has 1 aliphatic rings. The maximum absolute atomic E-state index is 12.1. The highest BCUT2D eigenvalue weighted by atomic mass is 16.6. The molecule has 1 saturated heterocycles. The van der Waals surface area contributed by atoms with E-state index in [2.05, 4.69) is 11.9 Å². The van der Waals surface area contributed by atoms with Crippen molar-refractivity contribution in [1.29, 1.82) is 0 Å². The van der Waals surface area contributed by atoms with Crippen LogP contribution >= 0.6 is 0 Å². The van der Waals surface area contributed by atoms with E-state index in [9.17, 15) is 4.79 Å². The molecule has 1 rings (SSSR count). The summed E-state index contributed by atoms with van der Waals surface area (Å²) in [4.78, 5) is 16.3. The SMILES string of the molecule is CN1CCN(C(=O)OC(C)(C)C)C(CCCN)C1. The molecule has 0 bridgehead atoms. The maximum atomic E-state index is 12.1. The van der Waals surface area contributed by atoms with Crippen molar-refractivity contribution in [2.75, 3.05) is 33.2 Å². The molecular formula is C13H27N3O2. The van der Waals surface area contributed by atoms with Gasteiger partial charge in [-0.15, -0.1) is 0 Å². The Hall–Kier alpha value is -0.810. The molecule has 0 saturated carbocycles. The number of carbonyl (C=O) groups excluding carboxylic acids is 1. The minimum Gasteiger partial charge on any atom is -0.444 e. The van der Waals surface area contributed by atoms with Crippen LogP contribution in [0.1, 0.15) is 33.6 Å². The largest absolute Gasteiger partial charge is 0.444 e. The molecule has 0 radical (unpaired) electrons. The van der Waals surface area contributed by atoms with Gasteiger partial charge in [0, 0.05) is 25.7 Å². The molecule has 0 aromatic carbocycles. The van der Waals surface area contributed by atoms with Crippen molar-refractivity contribution in [2.24, 2.45) is 5.73 Å². The summed E-state index contributed by atoms with van der Waals surface area (Å²) in [6.07, 6.45) is 1.69. The predicted molar refractivity (Wildman–Crippen MR) is 72.5 cm³/mol. The third kappa shape index (κ3) is 4.82. The van der Waals surface area contributed by atoms with Crippen molar-refractivity contribution < 1.29 is 9.53 Å². The van der Waals surface area contributed by atoms with Crippen LogP contribution in [0.2, 0.25) is 0 Å². The maximum Gasteiger partial charge on any atom is 0.410 e. The summed E-state index contributed by atoms with van der Waals surface area (Å²) in [5.74, 6) is 0. The second kappa shape index (κ2) is 6.38. The van der Waals surface area contributed by atoms with Gasteiger partial charge >= 0.3 is 6.09 Å². The molecule has 1 atom stereocenters. The summed E-state index contributed by atoms with van der Waals surface area (Å²) in [5, 5.41) is 0. The number of nitrogens with two attached hydrogens (primary N) is 1. The molecule has 18 heavy (non-hydrogen) atoms. The summed E-state index contributed by atoms with van der Waals surface area (Å²) >= 11 is 0. The van der Waals surface area contributed by atoms with Gasteiger partial charge < -0.3 is 20.3 Å². The Morgan fingerprint density at radius 3 is 2.61 bits per heavy atom. The molecule has 5 nitrogen and oxygen atoms in total. The highest BCUT2D eigenvalue weighted by molar-refractivity contribution is 5.68. The molecule has 2 N–H and O–H groups in total. The van der Waals surface area contributed by atoms with Crippen LogP contribution in [0.3, 0.4) is 0 Å². The average Bonchev–Trinajstić information content (AvgIpc) is 2.23. The van der Waals surface area contributed by atoms with E-state index in [-0.39, 0.29) is 12.1 Å². The topological polar surface area (TPSA) is 58.8 Å². The van der Waals surface area contributed by atoms with Crippen LogP contribution in [0, 0.1) is 0 Å². The van der Waals surface area contributed by atoms with Crippen LogP contribution in [-0.2, 0) is 4.74 Å². The van der Waals surface area contributed by atoms with Gasteiger partial charge in [-0.05, 0) is 47.2 Å². The van der Waals surface area contributed by atoms with E-state index >= 15 is 0 Å². The number of amides is 1. The lowest BCUT2D eigenvalue weighted by atomic mass is 10.1. The summed E-state index contributed by atoms with van der Waals surface area (Å²) in [7, 11) is 2.09. The molecule has 0 aromatic heterocycles. The Bertz CT molecular complexity index is 276. The summed E-state index contributed by atoms with van der Waals surface area (Å²) in [6.45, 7) is 8.90. The van der Waals surface area contributed by atoms with Crippen molar-refractivity contribution in [3.63, 3.8) is 0 Å². The first-order chi connectivity index (χ1) is 8.33. The zero-order chi connectivity index (χ0) is 13.8. The van der Waals surface area contributed by atoms with Crippen molar-refractivity contribution in [2.45, 2.75) is 45.3 Å². The Labute approximate surface area is 110 Å². The van der Waals surface area contributed by atoms with E-state index in [1.165, 1.54) is 0 Å². The molecule has 1 fully saturated rings. The van der Waals surface area contributed by atoms with Crippen LogP contribution < -0.4 is 5.73 Å². The molecule has 5 heteroatoms. The Kier molecular flexibility index (Phi) is 5.41. The number of carbonyl (C=O) groups is 1. The zero-order valence-electron chi connectivity index (χ0n) is 12.1. The molecule has 0 aliphatic carbocycles. The first-order valence-electron chi connectivity index (χ1n) is 6.71. The van der Waals surface area contributed by atoms with E-state index in [0.717, 1.165) is 32.5 Å². The van der Waals surface area contributed by atoms with E-state index in [1.807, 2.05) is 25.7 Å². The number of hydrogen-bond acceptors (Lipinski definition) is 4. The van der Waals surface area contributed by atoms with Gasteiger partial charge in [-0.25, -0.2) is 4.79 Å². The third-order valence-corrected chi connectivity index (χ3v) is 3.06. The van der Waals surface area contributed by atoms with E-state index in [1.54, 1.807) is 0 Å². The Morgan fingerprint density at radius 2 is 2.06 bits per heavy atom. The van der Waals surface area contributed by atoms with Gasteiger partial charge in [0.1, 0.15) is 5.60 Å². The fraction of sp³-hybridized carbons (Fsp3) is 0.923. The molecular weight excluding hydrogens is 230 g/mol. The fourth-order valence-electron chi connectivity index (χ4n) is 2.17. The molecule has 1 unspecified atom stereocenters. The number of rotatable bonds is 3. The Balaban J connectivity index is 2.61. The monoisotopic (exact) mass is 257 g/mol. The van der Waals surface area contributed by atoms with Gasteiger partial charge in [0.2, 0.25) is 0 Å². The van der Waals surface area contributed by atoms with E-state index < -0.39 is 5.60 Å². The van der Waals surface area contributed by atoms with Crippen molar-refractivity contribution in [3.8, 4) is 0 Å². The van der Waals surface area contributed by atoms with Crippen LogP contribution in [0.5, 0.6) is 0 Å². The summed E-state index contributed by atoms with van der Waals surface area (Å²) in [5.41, 5.74) is 5.12. The van der Waals surface area contributed by atoms with Gasteiger partial charge in [-0.3, -0.25) is 0 Å². The quantitative estimate of drug-likeness (QED) is 0.827. The first-order valence-corrected chi connectivity index (χ1v) is 6.71. The summed E-state index contributed by atoms with van der Waals surface area (Å²) < 4.78 is 5.46. The van der Waals surface area contributed by atoms with Crippen molar-refractivity contribution >= 4 is 6.09 Å². The third-order valence-electron chi connectivity index (χ3n) is 3.06. The van der Waals surface area contributed by atoms with Gasteiger partial charge in [0.15, 0.2) is 0 Å². The van der Waals surface area contributed by atoms with Gasteiger partial charge in [-0.2, -0.15) is 0 Å². The van der Waals surface area contributed by atoms with Crippen LogP contribution in [0.25, 0.3) is 0 Å². The number of piperazine rings is 1. The lowest BCUT2D eigenvalue weighted by Crippen LogP contribution is -2.55. The highest BCUT2D eigenvalue weighted by Gasteiger charge is 2.31. The van der Waals surface area contributed by atoms with Crippen molar-refractivity contribution in [3.05, 3.63) is 0 Å². The summed E-state index contributed by atoms with van der Waals surface area (Å²) in [6, 6.07) is 0.224. The number of hydrogen-bond donors (Lipinski definition) is 1. The molecule has 1 amide bonds. The average molecular weight is 257 g/mol. The zero-order valence-corrected chi connectivity index (χ0v) is 12.1. The lowest BCUT2D eigenvalue weighted by molar-refractivity contribution is 0.000131. The highest BCUT2D eigenvalue weighted by Crippen LogP contribution is 2.17. The second-order valence-electron chi connectivity index (χ2n) is 6.02. The molecule has 0 spiro atoms. The van der Waals surface area contributed by atoms with Gasteiger partial charge in [0.25, 0.3) is 0 Å². The van der Waals surface area contributed by atoms with Crippen LogP contribution in [0.15, 0.2) is 0 Å². The van der Waals surface area contributed by atoms with Crippen molar-refractivity contribution in [1.82, 2.24) is 9.80 Å². The minimum atomic E-state index is -0.432. The lowest BCUT2D eigenvalue weighted by Gasteiger charge is -2.40. The van der Waals surface area contributed by atoms with E-state index in [4.69, 9.17) is 10.5 Å². The molecule has 1 heterocycles. The van der Waals surface area contributed by atoms with Gasteiger partial charge in [0.05, 0.1) is 0 Å². The smallest absolute Gasteiger partial charge is 0.410 e. The number of likely N-dealkylation sites (N-methyl/N-ethyl adjacent to an activating group) is 1. The first kappa shape index (κ1) is 15.2. The number of ether oxygens (including phenoxy) is 1. The molecule has 106 valence electrons. The van der Waals surface area contributed by atoms with Gasteiger partial charge in [-0.1, -0.05) is 0 Å². The van der Waals surface area contributed by atoms with E-state index in [0.29, 0.717) is 6.54 Å². The van der Waals surface area contributed by atoms with Crippen LogP contribution in [-0.4, -0.2) is 60.8 Å². The Morgan fingerprint density at radius 1 is 1.39 bits per heavy atom. The minimum absolute atomic E-state index is 0.197. The fourth-order valence-corrected chi connectivity index (χ4v) is 2.17. The predicted octanol–water partition coefficient (Wildman–Crippen LogP) is 1.28. The van der Waals surface area contributed by atoms with Crippen LogP contribution in [0.4, 0.5) is 4.79 Å². The standard InChI is InChI=1S/C13H27N3O2/c1-13(2,3)18-12(17)16-9-8-15(4)10-11(16)6-5-7-14/h11H,5-10,14H2,1-4H3. The molecule has 0 aromatic rings. The molecule has 1 aliphatic heterocycles.